The molecule has 7 nitrogen and oxygen atoms in total. The van der Waals surface area contributed by atoms with E-state index in [-0.39, 0.29) is 17.1 Å². The number of aryl methyl sites for hydroxylation is 1. The van der Waals surface area contributed by atoms with Crippen LogP contribution in [0.25, 0.3) is 0 Å². The fraction of sp³-hybridized carbons (Fsp3) is 0.538. The zero-order valence-electron chi connectivity index (χ0n) is 11.2. The molecule has 112 valence electrons. The molecule has 0 saturated carbocycles. The summed E-state index contributed by atoms with van der Waals surface area (Å²) in [7, 11) is 0. The summed E-state index contributed by atoms with van der Waals surface area (Å²) in [6.45, 7) is 0.706. The van der Waals surface area contributed by atoms with E-state index in [1.807, 2.05) is 4.57 Å². The van der Waals surface area contributed by atoms with Gasteiger partial charge >= 0.3 is 5.97 Å². The molecule has 0 aromatic carbocycles. The Balaban J connectivity index is 2.08. The predicted molar refractivity (Wildman–Crippen MR) is 75.3 cm³/mol. The van der Waals surface area contributed by atoms with Crippen LogP contribution in [0.2, 0.25) is 0 Å². The standard InChI is InChI=1S/C13H15N3O4S/c14-7(12(18)19)5-6-9-10(21-13(6)20)11(17)15-8-3-1-2-4-16(8)9/h6-7H,1-5,14H2,(H,18,19)/t6?,7-/m0/s1. The first-order valence-electron chi connectivity index (χ1n) is 6.82. The summed E-state index contributed by atoms with van der Waals surface area (Å²) in [5, 5.41) is 8.73. The topological polar surface area (TPSA) is 115 Å². The third-order valence-corrected chi connectivity index (χ3v) is 4.99. The average Bonchev–Trinajstić information content (AvgIpc) is 2.77. The summed E-state index contributed by atoms with van der Waals surface area (Å²) in [6.07, 6.45) is 2.64. The number of nitrogens with zero attached hydrogens (tertiary/aromatic N) is 2. The van der Waals surface area contributed by atoms with Crippen LogP contribution in [0.4, 0.5) is 0 Å². The van der Waals surface area contributed by atoms with Gasteiger partial charge in [-0.2, -0.15) is 4.98 Å². The molecule has 21 heavy (non-hydrogen) atoms. The van der Waals surface area contributed by atoms with E-state index in [9.17, 15) is 14.4 Å². The molecule has 0 amide bonds. The summed E-state index contributed by atoms with van der Waals surface area (Å²) < 4.78 is 1.91. The van der Waals surface area contributed by atoms with E-state index in [1.54, 1.807) is 0 Å². The zero-order valence-corrected chi connectivity index (χ0v) is 12.1. The molecule has 0 radical (unpaired) electrons. The lowest BCUT2D eigenvalue weighted by atomic mass is 9.96. The third kappa shape index (κ3) is 2.38. The van der Waals surface area contributed by atoms with Gasteiger partial charge in [-0.15, -0.1) is 0 Å². The SMILES string of the molecule is N[C@@H](CC1C(=O)Sc2c1n1c(nc2=O)CCCC1)C(=O)O. The first kappa shape index (κ1) is 14.3. The minimum Gasteiger partial charge on any atom is -0.480 e. The quantitative estimate of drug-likeness (QED) is 0.813. The van der Waals surface area contributed by atoms with Gasteiger partial charge in [0.2, 0.25) is 5.12 Å². The largest absolute Gasteiger partial charge is 0.480 e. The van der Waals surface area contributed by atoms with Crippen LogP contribution >= 0.6 is 11.8 Å². The van der Waals surface area contributed by atoms with Crippen molar-refractivity contribution in [3.05, 3.63) is 21.9 Å². The zero-order chi connectivity index (χ0) is 15.1. The smallest absolute Gasteiger partial charge is 0.320 e. The second-order valence-corrected chi connectivity index (χ2v) is 6.33. The molecule has 0 saturated heterocycles. The van der Waals surface area contributed by atoms with Crippen LogP contribution in [0.3, 0.4) is 0 Å². The summed E-state index contributed by atoms with van der Waals surface area (Å²) >= 11 is 0.869. The molecule has 0 aliphatic carbocycles. The lowest BCUT2D eigenvalue weighted by Crippen LogP contribution is -2.34. The maximum absolute atomic E-state index is 12.2. The number of fused-ring (bicyclic) bond motifs is 3. The maximum atomic E-state index is 12.2. The van der Waals surface area contributed by atoms with Crippen LogP contribution in [0, 0.1) is 0 Å². The van der Waals surface area contributed by atoms with Crippen LogP contribution in [-0.4, -0.2) is 31.8 Å². The molecule has 0 fully saturated rings. The molecular formula is C13H15N3O4S. The Morgan fingerprint density at radius 1 is 1.48 bits per heavy atom. The number of hydrogen-bond acceptors (Lipinski definition) is 6. The minimum absolute atomic E-state index is 0.0110. The van der Waals surface area contributed by atoms with E-state index in [1.165, 1.54) is 0 Å². The van der Waals surface area contributed by atoms with Crippen LogP contribution in [0.5, 0.6) is 0 Å². The van der Waals surface area contributed by atoms with Gasteiger partial charge in [0.15, 0.2) is 0 Å². The molecule has 2 aliphatic rings. The van der Waals surface area contributed by atoms with Gasteiger partial charge in [0.25, 0.3) is 5.56 Å². The lowest BCUT2D eigenvalue weighted by molar-refractivity contribution is -0.138. The number of carbonyl (C=O) groups excluding carboxylic acids is 1. The van der Waals surface area contributed by atoms with E-state index in [0.29, 0.717) is 29.4 Å². The molecule has 0 bridgehead atoms. The Hall–Kier alpha value is -1.67. The van der Waals surface area contributed by atoms with Crippen LogP contribution in [-0.2, 0) is 22.6 Å². The van der Waals surface area contributed by atoms with Crippen molar-refractivity contribution in [2.45, 2.75) is 49.1 Å². The molecule has 3 heterocycles. The van der Waals surface area contributed by atoms with Gasteiger partial charge in [0.1, 0.15) is 16.8 Å². The van der Waals surface area contributed by atoms with Gasteiger partial charge < -0.3 is 15.4 Å². The molecule has 1 aromatic rings. The van der Waals surface area contributed by atoms with Crippen LogP contribution in [0.1, 0.15) is 36.7 Å². The van der Waals surface area contributed by atoms with Gasteiger partial charge in [0.05, 0.1) is 11.6 Å². The molecule has 8 heteroatoms. The fourth-order valence-electron chi connectivity index (χ4n) is 2.88. The summed E-state index contributed by atoms with van der Waals surface area (Å²) in [5.74, 6) is -1.09. The van der Waals surface area contributed by atoms with E-state index < -0.39 is 17.9 Å². The van der Waals surface area contributed by atoms with E-state index in [0.717, 1.165) is 24.6 Å². The summed E-state index contributed by atoms with van der Waals surface area (Å²) in [4.78, 5) is 39.5. The molecule has 2 aliphatic heterocycles. The number of nitrogens with two attached hydrogens (primary N) is 1. The highest BCUT2D eigenvalue weighted by atomic mass is 32.2. The van der Waals surface area contributed by atoms with Gasteiger partial charge in [0, 0.05) is 13.0 Å². The molecule has 3 N–H and O–H groups in total. The number of aromatic nitrogens is 2. The summed E-state index contributed by atoms with van der Waals surface area (Å²) in [6, 6.07) is -1.12. The Morgan fingerprint density at radius 3 is 2.95 bits per heavy atom. The first-order valence-corrected chi connectivity index (χ1v) is 7.64. The molecule has 0 spiro atoms. The van der Waals surface area contributed by atoms with E-state index in [2.05, 4.69) is 4.98 Å². The van der Waals surface area contributed by atoms with Gasteiger partial charge in [-0.05, 0) is 31.0 Å². The van der Waals surface area contributed by atoms with Gasteiger partial charge in [-0.25, -0.2) is 0 Å². The number of carbonyl (C=O) groups is 2. The average molecular weight is 309 g/mol. The Bertz CT molecular complexity index is 685. The first-order chi connectivity index (χ1) is 9.99. The van der Waals surface area contributed by atoms with Crippen molar-refractivity contribution < 1.29 is 14.7 Å². The fourth-order valence-corrected chi connectivity index (χ4v) is 3.92. The van der Waals surface area contributed by atoms with Crippen LogP contribution < -0.4 is 11.3 Å². The molecule has 3 rings (SSSR count). The number of thioether (sulfide) groups is 1. The van der Waals surface area contributed by atoms with Crippen molar-refractivity contribution in [1.29, 1.82) is 0 Å². The van der Waals surface area contributed by atoms with Crippen molar-refractivity contribution in [1.82, 2.24) is 9.55 Å². The number of hydrogen-bond donors (Lipinski definition) is 2. The predicted octanol–water partition coefficient (Wildman–Crippen LogP) is 0.0975. The van der Waals surface area contributed by atoms with Crippen molar-refractivity contribution in [3.8, 4) is 0 Å². The second-order valence-electron chi connectivity index (χ2n) is 5.31. The monoisotopic (exact) mass is 309 g/mol. The highest BCUT2D eigenvalue weighted by molar-refractivity contribution is 8.14. The number of rotatable bonds is 3. The van der Waals surface area contributed by atoms with Crippen molar-refractivity contribution >= 4 is 22.8 Å². The lowest BCUT2D eigenvalue weighted by Gasteiger charge is -2.24. The van der Waals surface area contributed by atoms with Gasteiger partial charge in [-0.3, -0.25) is 14.4 Å². The molecule has 2 atom stereocenters. The van der Waals surface area contributed by atoms with Crippen molar-refractivity contribution in [3.63, 3.8) is 0 Å². The maximum Gasteiger partial charge on any atom is 0.320 e. The normalized spacial score (nSPS) is 21.8. The van der Waals surface area contributed by atoms with Crippen molar-refractivity contribution in [2.75, 3.05) is 0 Å². The Morgan fingerprint density at radius 2 is 2.24 bits per heavy atom. The van der Waals surface area contributed by atoms with E-state index in [4.69, 9.17) is 10.8 Å². The Kier molecular flexibility index (Phi) is 3.58. The summed E-state index contributed by atoms with van der Waals surface area (Å²) in [5.41, 5.74) is 5.80. The molecule has 1 unspecified atom stereocenters. The van der Waals surface area contributed by atoms with Crippen LogP contribution in [0.15, 0.2) is 9.69 Å². The Labute approximate surface area is 124 Å². The van der Waals surface area contributed by atoms with Gasteiger partial charge in [-0.1, -0.05) is 0 Å². The van der Waals surface area contributed by atoms with Crippen molar-refractivity contribution in [2.24, 2.45) is 5.73 Å². The van der Waals surface area contributed by atoms with E-state index >= 15 is 0 Å². The molecule has 1 aromatic heterocycles. The highest BCUT2D eigenvalue weighted by Crippen LogP contribution is 2.41. The number of carboxylic acid groups (broad SMARTS) is 1. The molecular weight excluding hydrogens is 294 g/mol. The second kappa shape index (κ2) is 5.27. The minimum atomic E-state index is -1.14. The number of aliphatic carboxylic acids is 1. The highest BCUT2D eigenvalue weighted by Gasteiger charge is 2.39. The number of carboxylic acids is 1. The third-order valence-electron chi connectivity index (χ3n) is 3.92.